The second-order valence-electron chi connectivity index (χ2n) is 5.03. The lowest BCUT2D eigenvalue weighted by Crippen LogP contribution is -2.00. The molecule has 0 aromatic heterocycles. The van der Waals surface area contributed by atoms with Crippen molar-refractivity contribution in [3.8, 4) is 6.07 Å². The van der Waals surface area contributed by atoms with Gasteiger partial charge in [0, 0.05) is 22.3 Å². The molecular weight excluding hydrogens is 266 g/mol. The van der Waals surface area contributed by atoms with E-state index in [9.17, 15) is 4.21 Å². The molecule has 1 atom stereocenters. The number of aryl methyl sites for hydroxylation is 2. The maximum atomic E-state index is 12.2. The summed E-state index contributed by atoms with van der Waals surface area (Å²) in [6.45, 7) is 4.11. The van der Waals surface area contributed by atoms with E-state index in [1.54, 1.807) is 12.1 Å². The lowest BCUT2D eigenvalue weighted by Gasteiger charge is -2.06. The summed E-state index contributed by atoms with van der Waals surface area (Å²) in [6, 6.07) is 15.7. The van der Waals surface area contributed by atoms with Crippen LogP contribution in [0.3, 0.4) is 0 Å². The number of hydrogen-bond donors (Lipinski definition) is 0. The molecule has 0 saturated heterocycles. The molecule has 0 fully saturated rings. The van der Waals surface area contributed by atoms with Gasteiger partial charge in [0.25, 0.3) is 0 Å². The van der Waals surface area contributed by atoms with E-state index < -0.39 is 10.8 Å². The monoisotopic (exact) mass is 283 g/mol. The van der Waals surface area contributed by atoms with Gasteiger partial charge >= 0.3 is 0 Å². The Morgan fingerprint density at radius 2 is 1.50 bits per heavy atom. The molecule has 2 nitrogen and oxygen atoms in total. The Morgan fingerprint density at radius 3 is 2.05 bits per heavy atom. The van der Waals surface area contributed by atoms with Crippen molar-refractivity contribution in [2.45, 2.75) is 25.4 Å². The standard InChI is InChI=1S/C17H17NOS/c1-13-7-14(2)9-17(8-13)12-20(19)11-16-5-3-15(10-18)4-6-16/h3-9H,11-12H2,1-2H3. The van der Waals surface area contributed by atoms with Crippen LogP contribution in [-0.4, -0.2) is 4.21 Å². The average Bonchev–Trinajstić information content (AvgIpc) is 2.38. The first-order valence-corrected chi connectivity index (χ1v) is 7.97. The maximum absolute atomic E-state index is 12.2. The Hall–Kier alpha value is -1.92. The van der Waals surface area contributed by atoms with Crippen LogP contribution in [-0.2, 0) is 22.3 Å². The third-order valence-corrected chi connectivity index (χ3v) is 4.33. The Morgan fingerprint density at radius 1 is 0.950 bits per heavy atom. The van der Waals surface area contributed by atoms with Gasteiger partial charge in [0.05, 0.1) is 11.6 Å². The molecule has 102 valence electrons. The van der Waals surface area contributed by atoms with Crippen LogP contribution in [0.1, 0.15) is 27.8 Å². The zero-order valence-electron chi connectivity index (χ0n) is 11.7. The summed E-state index contributed by atoms with van der Waals surface area (Å²) >= 11 is 0. The normalized spacial score (nSPS) is 11.8. The summed E-state index contributed by atoms with van der Waals surface area (Å²) in [5.41, 5.74) is 5.17. The highest BCUT2D eigenvalue weighted by molar-refractivity contribution is 7.83. The number of hydrogen-bond acceptors (Lipinski definition) is 2. The highest BCUT2D eigenvalue weighted by Gasteiger charge is 2.05. The molecule has 2 rings (SSSR count). The molecule has 0 spiro atoms. The molecule has 0 saturated carbocycles. The summed E-state index contributed by atoms with van der Waals surface area (Å²) in [6.07, 6.45) is 0. The van der Waals surface area contributed by atoms with Crippen molar-refractivity contribution in [1.29, 1.82) is 5.26 Å². The first-order chi connectivity index (χ1) is 9.56. The van der Waals surface area contributed by atoms with Gasteiger partial charge in [-0.3, -0.25) is 4.21 Å². The lowest BCUT2D eigenvalue weighted by atomic mass is 10.1. The predicted octanol–water partition coefficient (Wildman–Crippen LogP) is 3.62. The van der Waals surface area contributed by atoms with Crippen molar-refractivity contribution in [2.24, 2.45) is 0 Å². The molecule has 0 radical (unpaired) electrons. The smallest absolute Gasteiger partial charge is 0.0991 e. The lowest BCUT2D eigenvalue weighted by molar-refractivity contribution is 0.682. The van der Waals surface area contributed by atoms with Crippen molar-refractivity contribution in [1.82, 2.24) is 0 Å². The van der Waals surface area contributed by atoms with Gasteiger partial charge < -0.3 is 0 Å². The third-order valence-electron chi connectivity index (χ3n) is 3.02. The van der Waals surface area contributed by atoms with Crippen LogP contribution in [0.4, 0.5) is 0 Å². The van der Waals surface area contributed by atoms with E-state index in [0.717, 1.165) is 11.1 Å². The molecular formula is C17H17NOS. The van der Waals surface area contributed by atoms with Gasteiger partial charge in [-0.2, -0.15) is 5.26 Å². The van der Waals surface area contributed by atoms with Gasteiger partial charge in [0.1, 0.15) is 0 Å². The van der Waals surface area contributed by atoms with Crippen LogP contribution < -0.4 is 0 Å². The molecule has 0 heterocycles. The van der Waals surface area contributed by atoms with Crippen LogP contribution in [0.15, 0.2) is 42.5 Å². The van der Waals surface area contributed by atoms with Crippen LogP contribution in [0, 0.1) is 25.2 Å². The molecule has 2 aromatic carbocycles. The second-order valence-corrected chi connectivity index (χ2v) is 6.49. The first-order valence-electron chi connectivity index (χ1n) is 6.48. The molecule has 1 unspecified atom stereocenters. The molecule has 0 bridgehead atoms. The SMILES string of the molecule is Cc1cc(C)cc(CS(=O)Cc2ccc(C#N)cc2)c1. The topological polar surface area (TPSA) is 40.9 Å². The second kappa shape index (κ2) is 6.49. The molecule has 0 aliphatic rings. The van der Waals surface area contributed by atoms with Crippen LogP contribution in [0.5, 0.6) is 0 Å². The minimum Gasteiger partial charge on any atom is -0.259 e. The Labute approximate surface area is 122 Å². The zero-order valence-corrected chi connectivity index (χ0v) is 12.5. The Balaban J connectivity index is 2.03. The van der Waals surface area contributed by atoms with Gasteiger partial charge in [-0.15, -0.1) is 0 Å². The molecule has 0 aliphatic heterocycles. The van der Waals surface area contributed by atoms with Crippen LogP contribution in [0.25, 0.3) is 0 Å². The fourth-order valence-electron chi connectivity index (χ4n) is 2.25. The minimum atomic E-state index is -0.930. The molecule has 20 heavy (non-hydrogen) atoms. The molecule has 0 N–H and O–H groups in total. The average molecular weight is 283 g/mol. The van der Waals surface area contributed by atoms with E-state index in [1.807, 2.05) is 12.1 Å². The van der Waals surface area contributed by atoms with E-state index in [2.05, 4.69) is 38.1 Å². The highest BCUT2D eigenvalue weighted by Crippen LogP contribution is 2.13. The Kier molecular flexibility index (Phi) is 4.70. The molecule has 2 aromatic rings. The fraction of sp³-hybridized carbons (Fsp3) is 0.235. The third kappa shape index (κ3) is 4.04. The predicted molar refractivity (Wildman–Crippen MR) is 82.6 cm³/mol. The summed E-state index contributed by atoms with van der Waals surface area (Å²) in [5, 5.41) is 8.75. The number of rotatable bonds is 4. The van der Waals surface area contributed by atoms with Gasteiger partial charge in [0.2, 0.25) is 0 Å². The van der Waals surface area contributed by atoms with Crippen molar-refractivity contribution in [2.75, 3.05) is 0 Å². The Bertz CT molecular complexity index is 648. The first kappa shape index (κ1) is 14.5. The van der Waals surface area contributed by atoms with E-state index in [1.165, 1.54) is 11.1 Å². The number of nitriles is 1. The molecule has 3 heteroatoms. The fourth-order valence-corrected chi connectivity index (χ4v) is 3.46. The van der Waals surface area contributed by atoms with Crippen molar-refractivity contribution in [3.05, 3.63) is 70.3 Å². The molecule has 0 amide bonds. The molecule has 0 aliphatic carbocycles. The summed E-state index contributed by atoms with van der Waals surface area (Å²) in [5.74, 6) is 1.10. The quantitative estimate of drug-likeness (QED) is 0.859. The van der Waals surface area contributed by atoms with Crippen LogP contribution >= 0.6 is 0 Å². The largest absolute Gasteiger partial charge is 0.259 e. The van der Waals surface area contributed by atoms with Crippen molar-refractivity contribution >= 4 is 10.8 Å². The number of benzene rings is 2. The van der Waals surface area contributed by atoms with Gasteiger partial charge in [-0.25, -0.2) is 0 Å². The minimum absolute atomic E-state index is 0.526. The van der Waals surface area contributed by atoms with E-state index in [4.69, 9.17) is 5.26 Å². The van der Waals surface area contributed by atoms with E-state index in [-0.39, 0.29) is 0 Å². The zero-order chi connectivity index (χ0) is 14.5. The highest BCUT2D eigenvalue weighted by atomic mass is 32.2. The number of nitrogens with zero attached hydrogens (tertiary/aromatic N) is 1. The van der Waals surface area contributed by atoms with Crippen LogP contribution in [0.2, 0.25) is 0 Å². The maximum Gasteiger partial charge on any atom is 0.0991 e. The van der Waals surface area contributed by atoms with Gasteiger partial charge in [-0.1, -0.05) is 41.5 Å². The summed E-state index contributed by atoms with van der Waals surface area (Å²) in [7, 11) is -0.930. The summed E-state index contributed by atoms with van der Waals surface area (Å²) in [4.78, 5) is 0. The van der Waals surface area contributed by atoms with E-state index in [0.29, 0.717) is 17.1 Å². The summed E-state index contributed by atoms with van der Waals surface area (Å²) < 4.78 is 12.2. The van der Waals surface area contributed by atoms with Crippen molar-refractivity contribution < 1.29 is 4.21 Å². The van der Waals surface area contributed by atoms with Gasteiger partial charge in [0.15, 0.2) is 0 Å². The van der Waals surface area contributed by atoms with Gasteiger partial charge in [-0.05, 0) is 37.1 Å². The van der Waals surface area contributed by atoms with E-state index >= 15 is 0 Å². The van der Waals surface area contributed by atoms with Crippen molar-refractivity contribution in [3.63, 3.8) is 0 Å².